The van der Waals surface area contributed by atoms with Crippen LogP contribution in [-0.4, -0.2) is 29.2 Å². The maximum atomic E-state index is 11.5. The molecular weight excluding hydrogens is 338 g/mol. The van der Waals surface area contributed by atoms with Gasteiger partial charge in [0.25, 0.3) is 0 Å². The zero-order valence-electron chi connectivity index (χ0n) is 16.3. The Morgan fingerprint density at radius 3 is 2.74 bits per heavy atom. The summed E-state index contributed by atoms with van der Waals surface area (Å²) < 4.78 is 5.08. The largest absolute Gasteiger partial charge is 0.450 e. The second-order valence-corrected chi connectivity index (χ2v) is 7.37. The Bertz CT molecular complexity index is 703. The quantitative estimate of drug-likeness (QED) is 0.629. The maximum Gasteiger partial charge on any atom is 0.407 e. The molecule has 0 bridgehead atoms. The number of amides is 1. The second kappa shape index (κ2) is 10.1. The van der Waals surface area contributed by atoms with E-state index >= 15 is 0 Å². The van der Waals surface area contributed by atoms with Gasteiger partial charge in [-0.15, -0.1) is 0 Å². The molecule has 0 aliphatic heterocycles. The minimum Gasteiger partial charge on any atom is -0.450 e. The number of hydrogen-bond acceptors (Lipinski definition) is 3. The summed E-state index contributed by atoms with van der Waals surface area (Å²) in [6.45, 7) is 3.06. The summed E-state index contributed by atoms with van der Waals surface area (Å²) in [6, 6.07) is 8.90. The normalized spacial score (nSPS) is 14.9. The number of alkyl carbamates (subject to hydrolysis) is 1. The Kier molecular flexibility index (Phi) is 7.31. The van der Waals surface area contributed by atoms with Crippen LogP contribution in [0, 0.1) is 0 Å². The van der Waals surface area contributed by atoms with Crippen molar-refractivity contribution in [2.24, 2.45) is 0 Å². The molecule has 0 spiro atoms. The van der Waals surface area contributed by atoms with Gasteiger partial charge in [-0.1, -0.05) is 56.9 Å². The van der Waals surface area contributed by atoms with Crippen LogP contribution in [0.2, 0.25) is 0 Å². The van der Waals surface area contributed by atoms with Gasteiger partial charge in [0.2, 0.25) is 0 Å². The Balaban J connectivity index is 1.47. The van der Waals surface area contributed by atoms with Crippen molar-refractivity contribution < 1.29 is 9.53 Å². The van der Waals surface area contributed by atoms with Gasteiger partial charge in [-0.3, -0.25) is 0 Å². The van der Waals surface area contributed by atoms with Crippen LogP contribution in [0.15, 0.2) is 30.5 Å². The summed E-state index contributed by atoms with van der Waals surface area (Å²) in [5.41, 5.74) is 3.63. The van der Waals surface area contributed by atoms with Crippen molar-refractivity contribution in [1.82, 2.24) is 15.3 Å². The lowest BCUT2D eigenvalue weighted by atomic mass is 9.84. The number of imidazole rings is 1. The number of aromatic amines is 1. The van der Waals surface area contributed by atoms with Crippen LogP contribution in [0.1, 0.15) is 69.2 Å². The van der Waals surface area contributed by atoms with Crippen molar-refractivity contribution in [1.29, 1.82) is 0 Å². The summed E-state index contributed by atoms with van der Waals surface area (Å²) in [6.07, 6.45) is 10.8. The molecule has 1 fully saturated rings. The smallest absolute Gasteiger partial charge is 0.407 e. The van der Waals surface area contributed by atoms with E-state index in [1.807, 2.05) is 6.20 Å². The zero-order chi connectivity index (χ0) is 18.9. The van der Waals surface area contributed by atoms with Gasteiger partial charge in [-0.05, 0) is 36.3 Å². The first-order valence-corrected chi connectivity index (χ1v) is 10.3. The highest BCUT2D eigenvalue weighted by Crippen LogP contribution is 2.33. The highest BCUT2D eigenvalue weighted by Gasteiger charge is 2.15. The van der Waals surface area contributed by atoms with Gasteiger partial charge in [0.05, 0.1) is 18.5 Å². The minimum absolute atomic E-state index is 0.353. The van der Waals surface area contributed by atoms with Gasteiger partial charge < -0.3 is 15.0 Å². The number of unbranched alkanes of at least 4 members (excludes halogenated alkanes) is 1. The molecule has 2 aromatic rings. The zero-order valence-corrected chi connectivity index (χ0v) is 16.3. The molecule has 1 aliphatic carbocycles. The highest BCUT2D eigenvalue weighted by molar-refractivity contribution is 5.67. The number of hydrogen-bond donors (Lipinski definition) is 2. The topological polar surface area (TPSA) is 67.0 Å². The fourth-order valence-electron chi connectivity index (χ4n) is 3.65. The van der Waals surface area contributed by atoms with Crippen LogP contribution >= 0.6 is 0 Å². The van der Waals surface area contributed by atoms with E-state index in [1.165, 1.54) is 37.7 Å². The maximum absolute atomic E-state index is 11.5. The number of carbonyl (C=O) groups is 1. The Morgan fingerprint density at radius 2 is 2.00 bits per heavy atom. The first kappa shape index (κ1) is 19.5. The van der Waals surface area contributed by atoms with E-state index in [9.17, 15) is 4.79 Å². The molecule has 5 heteroatoms. The number of ether oxygens (including phenoxy) is 1. The van der Waals surface area contributed by atoms with Gasteiger partial charge in [0, 0.05) is 13.0 Å². The summed E-state index contributed by atoms with van der Waals surface area (Å²) in [5.74, 6) is 1.60. The van der Waals surface area contributed by atoms with Crippen LogP contribution in [0.5, 0.6) is 0 Å². The lowest BCUT2D eigenvalue weighted by Gasteiger charge is -2.22. The highest BCUT2D eigenvalue weighted by atomic mass is 16.5. The van der Waals surface area contributed by atoms with Crippen molar-refractivity contribution in [3.63, 3.8) is 0 Å². The Hall–Kier alpha value is -2.30. The van der Waals surface area contributed by atoms with Crippen LogP contribution in [0.4, 0.5) is 4.79 Å². The number of H-pyrrole nitrogens is 1. The molecule has 2 N–H and O–H groups in total. The SMILES string of the molecule is CCCCOC(=O)NCCc1ncc(-c2ccc(C3CCCCC3)cc2)[nH]1. The number of carbonyl (C=O) groups excluding carboxylic acids is 1. The van der Waals surface area contributed by atoms with E-state index in [-0.39, 0.29) is 6.09 Å². The van der Waals surface area contributed by atoms with E-state index < -0.39 is 0 Å². The summed E-state index contributed by atoms with van der Waals surface area (Å²) in [5, 5.41) is 2.76. The van der Waals surface area contributed by atoms with E-state index in [0.717, 1.165) is 35.8 Å². The van der Waals surface area contributed by atoms with Crippen molar-refractivity contribution in [2.75, 3.05) is 13.2 Å². The van der Waals surface area contributed by atoms with Gasteiger partial charge in [0.15, 0.2) is 0 Å². The fourth-order valence-corrected chi connectivity index (χ4v) is 3.65. The molecule has 5 nitrogen and oxygen atoms in total. The Morgan fingerprint density at radius 1 is 1.22 bits per heavy atom. The molecule has 0 saturated heterocycles. The van der Waals surface area contributed by atoms with Crippen molar-refractivity contribution in [3.8, 4) is 11.3 Å². The average Bonchev–Trinajstić information content (AvgIpc) is 3.18. The van der Waals surface area contributed by atoms with Gasteiger partial charge >= 0.3 is 6.09 Å². The van der Waals surface area contributed by atoms with Crippen molar-refractivity contribution in [3.05, 3.63) is 41.9 Å². The van der Waals surface area contributed by atoms with E-state index in [4.69, 9.17) is 4.74 Å². The third-order valence-corrected chi connectivity index (χ3v) is 5.29. The minimum atomic E-state index is -0.353. The van der Waals surface area contributed by atoms with E-state index in [1.54, 1.807) is 0 Å². The third-order valence-electron chi connectivity index (χ3n) is 5.29. The number of rotatable bonds is 8. The monoisotopic (exact) mass is 369 g/mol. The molecule has 1 aromatic carbocycles. The van der Waals surface area contributed by atoms with Crippen LogP contribution in [0.25, 0.3) is 11.3 Å². The molecule has 1 heterocycles. The molecule has 1 aromatic heterocycles. The number of nitrogens with one attached hydrogen (secondary N) is 2. The van der Waals surface area contributed by atoms with E-state index in [0.29, 0.717) is 19.6 Å². The predicted molar refractivity (Wildman–Crippen MR) is 108 cm³/mol. The van der Waals surface area contributed by atoms with Crippen molar-refractivity contribution in [2.45, 2.75) is 64.2 Å². The van der Waals surface area contributed by atoms with E-state index in [2.05, 4.69) is 46.5 Å². The van der Waals surface area contributed by atoms with Gasteiger partial charge in [-0.2, -0.15) is 0 Å². The molecule has 3 rings (SSSR count). The molecule has 1 aliphatic rings. The van der Waals surface area contributed by atoms with Gasteiger partial charge in [0.1, 0.15) is 5.82 Å². The summed E-state index contributed by atoms with van der Waals surface area (Å²) >= 11 is 0. The molecule has 0 atom stereocenters. The molecule has 1 amide bonds. The molecule has 27 heavy (non-hydrogen) atoms. The first-order chi connectivity index (χ1) is 13.3. The third kappa shape index (κ3) is 5.84. The van der Waals surface area contributed by atoms with Crippen LogP contribution in [0.3, 0.4) is 0 Å². The molecular formula is C22H31N3O2. The molecule has 0 radical (unpaired) electrons. The molecule has 146 valence electrons. The van der Waals surface area contributed by atoms with Gasteiger partial charge in [-0.25, -0.2) is 9.78 Å². The molecule has 0 unspecified atom stereocenters. The number of benzene rings is 1. The first-order valence-electron chi connectivity index (χ1n) is 10.3. The number of nitrogens with zero attached hydrogens (tertiary/aromatic N) is 1. The predicted octanol–water partition coefficient (Wildman–Crippen LogP) is 5.19. The lowest BCUT2D eigenvalue weighted by Crippen LogP contribution is -2.27. The van der Waals surface area contributed by atoms with Crippen molar-refractivity contribution >= 4 is 6.09 Å². The fraction of sp³-hybridized carbons (Fsp3) is 0.545. The van der Waals surface area contributed by atoms with Crippen LogP contribution < -0.4 is 5.32 Å². The Labute approximate surface area is 161 Å². The average molecular weight is 370 g/mol. The summed E-state index contributed by atoms with van der Waals surface area (Å²) in [7, 11) is 0. The van der Waals surface area contributed by atoms with Crippen LogP contribution in [-0.2, 0) is 11.2 Å². The lowest BCUT2D eigenvalue weighted by molar-refractivity contribution is 0.144. The number of aromatic nitrogens is 2. The second-order valence-electron chi connectivity index (χ2n) is 7.37. The summed E-state index contributed by atoms with van der Waals surface area (Å²) in [4.78, 5) is 19.3. The standard InChI is InChI=1S/C22H31N3O2/c1-2-3-15-27-22(26)23-14-13-21-24-16-20(25-21)19-11-9-18(10-12-19)17-7-5-4-6-8-17/h9-12,16-17H,2-8,13-15H2,1H3,(H,23,26)(H,24,25). The molecule has 1 saturated carbocycles.